The van der Waals surface area contributed by atoms with E-state index in [-0.39, 0.29) is 23.9 Å². The third kappa shape index (κ3) is 1.87. The first-order valence-corrected chi connectivity index (χ1v) is 8.50. The van der Waals surface area contributed by atoms with E-state index < -0.39 is 11.5 Å². The van der Waals surface area contributed by atoms with Gasteiger partial charge in [0.1, 0.15) is 11.5 Å². The number of ether oxygens (including phenoxy) is 2. The molecule has 0 aromatic rings. The van der Waals surface area contributed by atoms with Gasteiger partial charge in [0.05, 0.1) is 25.2 Å². The van der Waals surface area contributed by atoms with Gasteiger partial charge >= 0.3 is 5.97 Å². The van der Waals surface area contributed by atoms with Crippen LogP contribution in [0.2, 0.25) is 0 Å². The summed E-state index contributed by atoms with van der Waals surface area (Å²) in [5.74, 6) is -1.05. The molecule has 0 N–H and O–H groups in total. The molecule has 1 saturated carbocycles. The van der Waals surface area contributed by atoms with Crippen molar-refractivity contribution >= 4 is 11.9 Å². The molecule has 2 bridgehead atoms. The Morgan fingerprint density at radius 3 is 2.91 bits per heavy atom. The molecule has 3 heterocycles. The predicted molar refractivity (Wildman–Crippen MR) is 78.9 cm³/mol. The van der Waals surface area contributed by atoms with Crippen LogP contribution in [0.4, 0.5) is 0 Å². The summed E-state index contributed by atoms with van der Waals surface area (Å²) < 4.78 is 11.3. The molecule has 5 nitrogen and oxygen atoms in total. The summed E-state index contributed by atoms with van der Waals surface area (Å²) in [5, 5.41) is 0. The summed E-state index contributed by atoms with van der Waals surface area (Å²) in [7, 11) is 0. The average Bonchev–Trinajstić information content (AvgIpc) is 3.17. The molecule has 0 aromatic heterocycles. The smallest absolute Gasteiger partial charge is 0.312 e. The first-order chi connectivity index (χ1) is 10.7. The normalized spacial score (nSPS) is 40.3. The van der Waals surface area contributed by atoms with Crippen LogP contribution in [0.3, 0.4) is 0 Å². The largest absolute Gasteiger partial charge is 0.466 e. The lowest BCUT2D eigenvalue weighted by atomic mass is 9.77. The van der Waals surface area contributed by atoms with E-state index in [2.05, 4.69) is 0 Å². The van der Waals surface area contributed by atoms with E-state index in [1.807, 2.05) is 17.1 Å². The van der Waals surface area contributed by atoms with Crippen LogP contribution in [-0.4, -0.2) is 47.7 Å². The summed E-state index contributed by atoms with van der Waals surface area (Å²) in [4.78, 5) is 27.3. The van der Waals surface area contributed by atoms with Crippen molar-refractivity contribution in [1.29, 1.82) is 0 Å². The number of nitrogens with zero attached hydrogens (tertiary/aromatic N) is 1. The van der Waals surface area contributed by atoms with Crippen molar-refractivity contribution < 1.29 is 19.1 Å². The molecule has 1 spiro atoms. The summed E-state index contributed by atoms with van der Waals surface area (Å²) in [6.07, 6.45) is 9.45. The molecule has 1 aliphatic carbocycles. The summed E-state index contributed by atoms with van der Waals surface area (Å²) >= 11 is 0. The van der Waals surface area contributed by atoms with Crippen LogP contribution >= 0.6 is 0 Å². The van der Waals surface area contributed by atoms with Crippen LogP contribution in [0.25, 0.3) is 0 Å². The molecule has 2 saturated heterocycles. The van der Waals surface area contributed by atoms with Gasteiger partial charge in [0.15, 0.2) is 0 Å². The number of fused-ring (bicyclic) bond motifs is 1. The highest BCUT2D eigenvalue weighted by atomic mass is 16.6. The Kier molecular flexibility index (Phi) is 3.29. The van der Waals surface area contributed by atoms with E-state index in [1.165, 1.54) is 19.3 Å². The number of carbonyl (C=O) groups is 2. The second kappa shape index (κ2) is 5.08. The van der Waals surface area contributed by atoms with Crippen molar-refractivity contribution in [2.45, 2.75) is 56.8 Å². The first-order valence-electron chi connectivity index (χ1n) is 8.50. The lowest BCUT2D eigenvalue weighted by molar-refractivity contribution is -0.153. The molecule has 22 heavy (non-hydrogen) atoms. The van der Waals surface area contributed by atoms with Gasteiger partial charge in [0.25, 0.3) is 0 Å². The molecule has 4 aliphatic rings. The molecule has 4 rings (SSSR count). The van der Waals surface area contributed by atoms with E-state index in [9.17, 15) is 9.59 Å². The Bertz CT molecular complexity index is 525. The van der Waals surface area contributed by atoms with Gasteiger partial charge in [-0.1, -0.05) is 31.4 Å². The molecule has 4 atom stereocenters. The van der Waals surface area contributed by atoms with Crippen molar-refractivity contribution in [3.05, 3.63) is 12.2 Å². The maximum absolute atomic E-state index is 13.0. The van der Waals surface area contributed by atoms with E-state index in [0.717, 1.165) is 12.8 Å². The lowest BCUT2D eigenvalue weighted by Crippen LogP contribution is -2.42. The van der Waals surface area contributed by atoms with Crippen LogP contribution in [0.1, 0.15) is 39.0 Å². The average molecular weight is 305 g/mol. The standard InChI is InChI=1S/C17H23NO4/c1-2-21-16(20)13-12-8-9-17(22-12)10-18(15(19)14(13)17)11-6-4-3-5-7-11/h8-9,11-14H,2-7,10H2,1H3/t12-,13+,14+,17-/m1/s1. The van der Waals surface area contributed by atoms with Gasteiger partial charge in [-0.05, 0) is 19.8 Å². The summed E-state index contributed by atoms with van der Waals surface area (Å²) in [5.41, 5.74) is -0.587. The highest BCUT2D eigenvalue weighted by molar-refractivity contribution is 5.91. The zero-order valence-electron chi connectivity index (χ0n) is 13.0. The highest BCUT2D eigenvalue weighted by Crippen LogP contribution is 2.53. The van der Waals surface area contributed by atoms with Gasteiger partial charge < -0.3 is 14.4 Å². The molecular formula is C17H23NO4. The van der Waals surface area contributed by atoms with Gasteiger partial charge in [-0.2, -0.15) is 0 Å². The van der Waals surface area contributed by atoms with Gasteiger partial charge in [0, 0.05) is 6.04 Å². The number of amides is 1. The third-order valence-corrected chi connectivity index (χ3v) is 5.70. The molecule has 5 heteroatoms. The minimum absolute atomic E-state index is 0.0943. The number of esters is 1. The zero-order chi connectivity index (χ0) is 15.3. The predicted octanol–water partition coefficient (Wildman–Crippen LogP) is 1.66. The summed E-state index contributed by atoms with van der Waals surface area (Å²) in [6, 6.07) is 0.320. The SMILES string of the molecule is CCOC(=O)[C@@H]1[C@H]2C(=O)N(C3CCCCC3)C[C@]23C=C[C@H]1O3. The molecule has 120 valence electrons. The maximum Gasteiger partial charge on any atom is 0.312 e. The lowest BCUT2D eigenvalue weighted by Gasteiger charge is -2.32. The van der Waals surface area contributed by atoms with Crippen molar-refractivity contribution in [1.82, 2.24) is 4.90 Å². The van der Waals surface area contributed by atoms with Crippen molar-refractivity contribution in [2.75, 3.05) is 13.2 Å². The molecule has 1 amide bonds. The van der Waals surface area contributed by atoms with Crippen molar-refractivity contribution in [3.8, 4) is 0 Å². The van der Waals surface area contributed by atoms with Crippen LogP contribution < -0.4 is 0 Å². The van der Waals surface area contributed by atoms with Crippen molar-refractivity contribution in [3.63, 3.8) is 0 Å². The first kappa shape index (κ1) is 14.2. The molecule has 0 aromatic carbocycles. The second-order valence-electron chi connectivity index (χ2n) is 6.91. The minimum atomic E-state index is -0.587. The number of rotatable bonds is 3. The van der Waals surface area contributed by atoms with E-state index in [1.54, 1.807) is 6.92 Å². The number of hydrogen-bond acceptors (Lipinski definition) is 4. The molecule has 3 fully saturated rings. The number of carbonyl (C=O) groups excluding carboxylic acids is 2. The molecule has 0 unspecified atom stereocenters. The van der Waals surface area contributed by atoms with E-state index in [0.29, 0.717) is 19.2 Å². The van der Waals surface area contributed by atoms with E-state index >= 15 is 0 Å². The van der Waals surface area contributed by atoms with Crippen LogP contribution in [-0.2, 0) is 19.1 Å². The third-order valence-electron chi connectivity index (χ3n) is 5.70. The maximum atomic E-state index is 13.0. The quantitative estimate of drug-likeness (QED) is 0.588. The molecule has 0 radical (unpaired) electrons. The Labute approximate surface area is 130 Å². The molecular weight excluding hydrogens is 282 g/mol. The van der Waals surface area contributed by atoms with Gasteiger partial charge in [-0.3, -0.25) is 9.59 Å². The fraction of sp³-hybridized carbons (Fsp3) is 0.765. The highest BCUT2D eigenvalue weighted by Gasteiger charge is 2.67. The topological polar surface area (TPSA) is 55.8 Å². The van der Waals surface area contributed by atoms with Crippen LogP contribution in [0.5, 0.6) is 0 Å². The van der Waals surface area contributed by atoms with Crippen LogP contribution in [0.15, 0.2) is 12.2 Å². The fourth-order valence-electron chi connectivity index (χ4n) is 4.74. The Morgan fingerprint density at radius 2 is 2.18 bits per heavy atom. The van der Waals surface area contributed by atoms with Crippen LogP contribution in [0, 0.1) is 11.8 Å². The molecule has 3 aliphatic heterocycles. The second-order valence-corrected chi connectivity index (χ2v) is 6.91. The Morgan fingerprint density at radius 1 is 1.41 bits per heavy atom. The Balaban J connectivity index is 1.60. The minimum Gasteiger partial charge on any atom is -0.466 e. The monoisotopic (exact) mass is 305 g/mol. The summed E-state index contributed by atoms with van der Waals surface area (Å²) in [6.45, 7) is 2.73. The zero-order valence-corrected chi connectivity index (χ0v) is 13.0. The van der Waals surface area contributed by atoms with E-state index in [4.69, 9.17) is 9.47 Å². The number of likely N-dealkylation sites (tertiary alicyclic amines) is 1. The van der Waals surface area contributed by atoms with Crippen molar-refractivity contribution in [2.24, 2.45) is 11.8 Å². The Hall–Kier alpha value is -1.36. The number of hydrogen-bond donors (Lipinski definition) is 0. The van der Waals surface area contributed by atoms with Gasteiger partial charge in [-0.15, -0.1) is 0 Å². The van der Waals surface area contributed by atoms with Gasteiger partial charge in [-0.25, -0.2) is 0 Å². The van der Waals surface area contributed by atoms with Gasteiger partial charge in [0.2, 0.25) is 5.91 Å². The fourth-order valence-corrected chi connectivity index (χ4v) is 4.74.